The van der Waals surface area contributed by atoms with Crippen LogP contribution >= 0.6 is 24.2 Å². The largest absolute Gasteiger partial charge is 0.412 e. The van der Waals surface area contributed by atoms with Crippen molar-refractivity contribution in [2.75, 3.05) is 11.9 Å². The number of hydrogen-bond acceptors (Lipinski definition) is 3. The van der Waals surface area contributed by atoms with Crippen molar-refractivity contribution in [1.82, 2.24) is 4.90 Å². The summed E-state index contributed by atoms with van der Waals surface area (Å²) in [7, 11) is 0. The van der Waals surface area contributed by atoms with Crippen LogP contribution in [0.5, 0.6) is 0 Å². The van der Waals surface area contributed by atoms with Gasteiger partial charge in [0.1, 0.15) is 0 Å². The van der Waals surface area contributed by atoms with Crippen LogP contribution < -0.4 is 5.32 Å². The molecule has 3 N–H and O–H groups in total. The molecule has 2 atom stereocenters. The third kappa shape index (κ3) is 5.29. The second kappa shape index (κ2) is 10.3. The monoisotopic (exact) mass is 420 g/mol. The fourth-order valence-corrected chi connectivity index (χ4v) is 5.14. The molecular formula is C22H29ClN2O2S. The van der Waals surface area contributed by atoms with Gasteiger partial charge in [-0.3, -0.25) is 9.69 Å². The number of carbonyl (C=O) groups is 1. The van der Waals surface area contributed by atoms with Gasteiger partial charge in [-0.15, -0.1) is 12.4 Å². The molecule has 6 heteroatoms. The molecule has 0 radical (unpaired) electrons. The Labute approximate surface area is 177 Å². The fourth-order valence-electron chi connectivity index (χ4n) is 4.32. The number of piperidine rings is 1. The number of nitrogens with zero attached hydrogens (tertiary/aromatic N) is 1. The topological polar surface area (TPSA) is 63.8 Å². The number of halogens is 1. The minimum absolute atomic E-state index is 0. The molecule has 2 aromatic rings. The molecule has 2 aromatic carbocycles. The van der Waals surface area contributed by atoms with Crippen molar-refractivity contribution in [1.29, 1.82) is 0 Å². The Hall–Kier alpha value is -1.53. The summed E-state index contributed by atoms with van der Waals surface area (Å²) in [5.74, 6) is -0.0381. The molecule has 2 aliphatic heterocycles. The van der Waals surface area contributed by atoms with Crippen LogP contribution in [0.4, 0.5) is 5.69 Å². The van der Waals surface area contributed by atoms with Crippen molar-refractivity contribution in [3.05, 3.63) is 54.1 Å². The zero-order valence-corrected chi connectivity index (χ0v) is 17.8. The van der Waals surface area contributed by atoms with E-state index in [1.807, 2.05) is 12.1 Å². The van der Waals surface area contributed by atoms with E-state index in [1.54, 1.807) is 11.8 Å². The Balaban J connectivity index is 0.00000140. The van der Waals surface area contributed by atoms with Crippen LogP contribution in [0.3, 0.4) is 0 Å². The van der Waals surface area contributed by atoms with Crippen molar-refractivity contribution in [2.24, 2.45) is 0 Å². The summed E-state index contributed by atoms with van der Waals surface area (Å²) < 4.78 is 0. The Bertz CT molecular complexity index is 767. The SMILES string of the molecule is CC(=O)Nc1ccc(Sc2ccc([C@H]3CC[C@H]4CCCCN43)cc2)cc1.Cl.O. The smallest absolute Gasteiger partial charge is 0.221 e. The summed E-state index contributed by atoms with van der Waals surface area (Å²) in [6.45, 7) is 2.80. The van der Waals surface area contributed by atoms with E-state index in [-0.39, 0.29) is 23.8 Å². The Morgan fingerprint density at radius 1 is 0.964 bits per heavy atom. The fraction of sp³-hybridized carbons (Fsp3) is 0.409. The molecule has 2 heterocycles. The molecule has 0 aromatic heterocycles. The normalized spacial score (nSPS) is 21.2. The first-order valence-electron chi connectivity index (χ1n) is 9.60. The highest BCUT2D eigenvalue weighted by Crippen LogP contribution is 2.41. The van der Waals surface area contributed by atoms with E-state index in [1.165, 1.54) is 60.9 Å². The number of carbonyl (C=O) groups excluding carboxylic acids is 1. The minimum atomic E-state index is -0.0381. The first-order valence-corrected chi connectivity index (χ1v) is 10.4. The number of anilines is 1. The second-order valence-corrected chi connectivity index (χ2v) is 8.50. The van der Waals surface area contributed by atoms with Crippen LogP contribution in [0.1, 0.15) is 50.6 Å². The van der Waals surface area contributed by atoms with Crippen molar-refractivity contribution in [3.63, 3.8) is 0 Å². The molecule has 0 saturated carbocycles. The van der Waals surface area contributed by atoms with Crippen LogP contribution in [0.15, 0.2) is 58.3 Å². The number of nitrogens with one attached hydrogen (secondary N) is 1. The number of amides is 1. The number of hydrogen-bond donors (Lipinski definition) is 1. The lowest BCUT2D eigenvalue weighted by atomic mass is 10.0. The summed E-state index contributed by atoms with van der Waals surface area (Å²) >= 11 is 1.76. The van der Waals surface area contributed by atoms with Crippen LogP contribution in [0.2, 0.25) is 0 Å². The second-order valence-electron chi connectivity index (χ2n) is 7.36. The first-order chi connectivity index (χ1) is 12.7. The number of benzene rings is 2. The molecule has 4 nitrogen and oxygen atoms in total. The van der Waals surface area contributed by atoms with Crippen LogP contribution in [0, 0.1) is 0 Å². The van der Waals surface area contributed by atoms with E-state index in [0.29, 0.717) is 6.04 Å². The molecule has 2 saturated heterocycles. The van der Waals surface area contributed by atoms with Crippen molar-refractivity contribution in [2.45, 2.75) is 60.9 Å². The molecule has 1 amide bonds. The summed E-state index contributed by atoms with van der Waals surface area (Å²) in [6.07, 6.45) is 6.82. The zero-order valence-electron chi connectivity index (χ0n) is 16.2. The highest BCUT2D eigenvalue weighted by Gasteiger charge is 2.35. The van der Waals surface area contributed by atoms with E-state index >= 15 is 0 Å². The highest BCUT2D eigenvalue weighted by atomic mass is 35.5. The van der Waals surface area contributed by atoms with Crippen LogP contribution in [-0.2, 0) is 4.79 Å². The van der Waals surface area contributed by atoms with Gasteiger partial charge in [0.25, 0.3) is 0 Å². The maximum atomic E-state index is 11.1. The predicted octanol–water partition coefficient (Wildman–Crippen LogP) is 5.08. The van der Waals surface area contributed by atoms with Gasteiger partial charge < -0.3 is 10.8 Å². The van der Waals surface area contributed by atoms with Crippen molar-refractivity contribution >= 4 is 35.8 Å². The molecule has 0 unspecified atom stereocenters. The summed E-state index contributed by atoms with van der Waals surface area (Å²) in [5.41, 5.74) is 2.31. The average Bonchev–Trinajstić information content (AvgIpc) is 3.08. The van der Waals surface area contributed by atoms with Gasteiger partial charge in [-0.05, 0) is 74.2 Å². The first kappa shape index (κ1) is 22.8. The maximum Gasteiger partial charge on any atom is 0.221 e. The van der Waals surface area contributed by atoms with Crippen LogP contribution in [-0.4, -0.2) is 28.9 Å². The van der Waals surface area contributed by atoms with Gasteiger partial charge in [-0.25, -0.2) is 0 Å². The molecule has 2 fully saturated rings. The number of fused-ring (bicyclic) bond motifs is 1. The Kier molecular flexibility index (Phi) is 8.38. The quantitative estimate of drug-likeness (QED) is 0.749. The number of rotatable bonds is 4. The Morgan fingerprint density at radius 3 is 2.25 bits per heavy atom. The third-order valence-electron chi connectivity index (χ3n) is 5.52. The summed E-state index contributed by atoms with van der Waals surface area (Å²) in [6, 6.07) is 18.6. The summed E-state index contributed by atoms with van der Waals surface area (Å²) in [5, 5.41) is 2.80. The van der Waals surface area contributed by atoms with Crippen molar-refractivity contribution in [3.8, 4) is 0 Å². The molecule has 4 rings (SSSR count). The van der Waals surface area contributed by atoms with E-state index in [2.05, 4.69) is 46.6 Å². The Morgan fingerprint density at radius 2 is 1.61 bits per heavy atom. The minimum Gasteiger partial charge on any atom is -0.412 e. The van der Waals surface area contributed by atoms with Gasteiger partial charge in [0.15, 0.2) is 0 Å². The molecule has 0 aliphatic carbocycles. The van der Waals surface area contributed by atoms with Gasteiger partial charge in [0.2, 0.25) is 5.91 Å². The van der Waals surface area contributed by atoms with E-state index in [0.717, 1.165) is 11.7 Å². The van der Waals surface area contributed by atoms with Crippen LogP contribution in [0.25, 0.3) is 0 Å². The van der Waals surface area contributed by atoms with Crippen molar-refractivity contribution < 1.29 is 10.3 Å². The lowest BCUT2D eigenvalue weighted by molar-refractivity contribution is -0.114. The van der Waals surface area contributed by atoms with Gasteiger partial charge in [0.05, 0.1) is 0 Å². The lowest BCUT2D eigenvalue weighted by Gasteiger charge is -2.34. The third-order valence-corrected chi connectivity index (χ3v) is 6.54. The van der Waals surface area contributed by atoms with Gasteiger partial charge in [-0.1, -0.05) is 30.3 Å². The molecular weight excluding hydrogens is 392 g/mol. The zero-order chi connectivity index (χ0) is 17.9. The highest BCUT2D eigenvalue weighted by molar-refractivity contribution is 7.99. The molecule has 152 valence electrons. The average molecular weight is 421 g/mol. The predicted molar refractivity (Wildman–Crippen MR) is 118 cm³/mol. The molecule has 0 spiro atoms. The molecule has 0 bridgehead atoms. The standard InChI is InChI=1S/C22H26N2OS.ClH.H2O/c1-16(25)23-18-7-12-21(13-8-18)26-20-10-5-17(6-11-20)22-14-9-19-4-2-3-15-24(19)22;;/h5-8,10-13,19,22H,2-4,9,14-15H2,1H3,(H,23,25);1H;1H2/t19-,22-;;/m1../s1. The van der Waals surface area contributed by atoms with E-state index in [4.69, 9.17) is 0 Å². The van der Waals surface area contributed by atoms with E-state index < -0.39 is 0 Å². The molecule has 28 heavy (non-hydrogen) atoms. The maximum absolute atomic E-state index is 11.1. The summed E-state index contributed by atoms with van der Waals surface area (Å²) in [4.78, 5) is 16.3. The lowest BCUT2D eigenvalue weighted by Crippen LogP contribution is -2.35. The molecule has 2 aliphatic rings. The van der Waals surface area contributed by atoms with Gasteiger partial charge >= 0.3 is 0 Å². The van der Waals surface area contributed by atoms with Gasteiger partial charge in [-0.2, -0.15) is 0 Å². The van der Waals surface area contributed by atoms with Gasteiger partial charge in [0, 0.05) is 34.5 Å². The van der Waals surface area contributed by atoms with E-state index in [9.17, 15) is 4.79 Å².